The van der Waals surface area contributed by atoms with Crippen LogP contribution in [-0.2, 0) is 10.5 Å². The third-order valence-corrected chi connectivity index (χ3v) is 6.65. The number of fused-ring (bicyclic) bond motifs is 2. The number of ether oxygens (including phenoxy) is 1. The van der Waals surface area contributed by atoms with Crippen LogP contribution in [0.25, 0.3) is 5.70 Å². The third kappa shape index (κ3) is 4.54. The second kappa shape index (κ2) is 9.91. The van der Waals surface area contributed by atoms with Crippen LogP contribution in [0.15, 0.2) is 82.9 Å². The van der Waals surface area contributed by atoms with Crippen LogP contribution < -0.4 is 20.6 Å². The summed E-state index contributed by atoms with van der Waals surface area (Å²) in [5.41, 5.74) is 2.44. The molecule has 6 nitrogen and oxygen atoms in total. The number of hydrazone groups is 1. The Morgan fingerprint density at radius 1 is 1.06 bits per heavy atom. The minimum atomic E-state index is -0.518. The predicted molar refractivity (Wildman–Crippen MR) is 136 cm³/mol. The fraction of sp³-hybridized carbons (Fsp3) is 0.192. The molecule has 8 heteroatoms. The van der Waals surface area contributed by atoms with E-state index in [4.69, 9.17) is 26.4 Å². The van der Waals surface area contributed by atoms with Crippen LogP contribution >= 0.6 is 23.4 Å². The van der Waals surface area contributed by atoms with Gasteiger partial charge in [0.05, 0.1) is 12.0 Å². The van der Waals surface area contributed by atoms with Crippen molar-refractivity contribution < 1.29 is 9.53 Å². The molecule has 0 unspecified atom stereocenters. The van der Waals surface area contributed by atoms with E-state index >= 15 is 0 Å². The zero-order valence-corrected chi connectivity index (χ0v) is 20.1. The Morgan fingerprint density at radius 2 is 1.82 bits per heavy atom. The van der Waals surface area contributed by atoms with Crippen molar-refractivity contribution in [1.82, 2.24) is 10.3 Å². The Labute approximate surface area is 207 Å². The van der Waals surface area contributed by atoms with Crippen LogP contribution in [0.1, 0.15) is 30.6 Å². The summed E-state index contributed by atoms with van der Waals surface area (Å²) in [6, 6.07) is 23.1. The zero-order valence-electron chi connectivity index (χ0n) is 18.6. The van der Waals surface area contributed by atoms with Crippen molar-refractivity contribution in [1.29, 1.82) is 0 Å². The highest BCUT2D eigenvalue weighted by Crippen LogP contribution is 2.35. The molecule has 2 heterocycles. The van der Waals surface area contributed by atoms with Crippen molar-refractivity contribution in [3.8, 4) is 5.75 Å². The molecule has 0 saturated heterocycles. The molecule has 2 aliphatic heterocycles. The van der Waals surface area contributed by atoms with Gasteiger partial charge in [-0.05, 0) is 36.2 Å². The summed E-state index contributed by atoms with van der Waals surface area (Å²) in [5.74, 6) is 1.19. The number of halogens is 1. The number of nitrogens with zero attached hydrogens (tertiary/aromatic N) is 3. The molecule has 34 heavy (non-hydrogen) atoms. The maximum absolute atomic E-state index is 13.3. The molecular formula is C26H23ClN4O2S. The van der Waals surface area contributed by atoms with E-state index in [2.05, 4.69) is 12.2 Å². The highest BCUT2D eigenvalue weighted by atomic mass is 35.5. The summed E-state index contributed by atoms with van der Waals surface area (Å²) < 4.78 is 6.01. The van der Waals surface area contributed by atoms with Gasteiger partial charge in [-0.2, -0.15) is 0 Å². The molecule has 0 aliphatic carbocycles. The largest absolute Gasteiger partial charge is 0.493 e. The van der Waals surface area contributed by atoms with Crippen LogP contribution in [-0.4, -0.2) is 22.7 Å². The molecule has 1 amide bonds. The van der Waals surface area contributed by atoms with Crippen molar-refractivity contribution in [2.24, 2.45) is 10.1 Å². The van der Waals surface area contributed by atoms with Gasteiger partial charge >= 0.3 is 0 Å². The lowest BCUT2D eigenvalue weighted by atomic mass is 10.1. The number of benzene rings is 3. The van der Waals surface area contributed by atoms with Crippen molar-refractivity contribution in [2.45, 2.75) is 25.3 Å². The Bertz CT molecular complexity index is 1370. The van der Waals surface area contributed by atoms with Gasteiger partial charge in [0.2, 0.25) is 0 Å². The molecule has 3 aromatic rings. The Kier molecular flexibility index (Phi) is 6.56. The van der Waals surface area contributed by atoms with Gasteiger partial charge in [-0.1, -0.05) is 78.8 Å². The molecule has 0 bridgehead atoms. The number of carbonyl (C=O) groups is 1. The van der Waals surface area contributed by atoms with Gasteiger partial charge in [0, 0.05) is 21.6 Å². The predicted octanol–water partition coefficient (Wildman–Crippen LogP) is 4.21. The average molecular weight is 491 g/mol. The second-order valence-electron chi connectivity index (χ2n) is 7.87. The highest BCUT2D eigenvalue weighted by Gasteiger charge is 2.35. The maximum atomic E-state index is 13.3. The normalized spacial score (nSPS) is 16.7. The maximum Gasteiger partial charge on any atom is 0.276 e. The Morgan fingerprint density at radius 3 is 2.65 bits per heavy atom. The first kappa shape index (κ1) is 22.5. The number of hydrogen-bond donors (Lipinski definition) is 1. The summed E-state index contributed by atoms with van der Waals surface area (Å²) in [6.45, 7) is 2.67. The van der Waals surface area contributed by atoms with Gasteiger partial charge in [-0.25, -0.2) is 5.01 Å². The molecule has 5 rings (SSSR count). The van der Waals surface area contributed by atoms with E-state index in [1.165, 1.54) is 11.8 Å². The number of hydrogen-bond acceptors (Lipinski definition) is 6. The fourth-order valence-corrected chi connectivity index (χ4v) is 4.80. The number of amides is 1. The van der Waals surface area contributed by atoms with Crippen LogP contribution in [0.4, 0.5) is 0 Å². The zero-order chi connectivity index (χ0) is 23.5. The lowest BCUT2D eigenvalue weighted by Gasteiger charge is -2.34. The lowest BCUT2D eigenvalue weighted by Crippen LogP contribution is -2.50. The Hall–Kier alpha value is -3.29. The fourth-order valence-electron chi connectivity index (χ4n) is 3.86. The molecule has 0 spiro atoms. The first-order valence-electron chi connectivity index (χ1n) is 11.1. The van der Waals surface area contributed by atoms with Crippen LogP contribution in [0.5, 0.6) is 5.75 Å². The van der Waals surface area contributed by atoms with Crippen molar-refractivity contribution in [3.05, 3.63) is 99.5 Å². The average Bonchev–Trinajstić information content (AvgIpc) is 2.86. The smallest absolute Gasteiger partial charge is 0.276 e. The number of amidine groups is 1. The summed E-state index contributed by atoms with van der Waals surface area (Å²) in [7, 11) is 0. The number of thioether (sulfide) groups is 1. The molecule has 1 atom stereocenters. The number of para-hydroxylation sites is 2. The molecule has 1 N–H and O–H groups in total. The van der Waals surface area contributed by atoms with Crippen molar-refractivity contribution >= 4 is 40.1 Å². The number of nitrogens with one attached hydrogen (secondary N) is 1. The quantitative estimate of drug-likeness (QED) is 0.562. The Balaban J connectivity index is 1.55. The van der Waals surface area contributed by atoms with E-state index in [1.54, 1.807) is 5.01 Å². The topological polar surface area (TPSA) is 66.3 Å². The molecule has 0 saturated carbocycles. The third-order valence-electron chi connectivity index (χ3n) is 5.46. The first-order chi connectivity index (χ1) is 16.6. The lowest BCUT2D eigenvalue weighted by molar-refractivity contribution is -0.116. The molecule has 172 valence electrons. The molecule has 3 aromatic carbocycles. The van der Waals surface area contributed by atoms with E-state index in [9.17, 15) is 4.79 Å². The molecule has 0 radical (unpaired) electrons. The minimum absolute atomic E-state index is 0.201. The first-order valence-corrected chi connectivity index (χ1v) is 12.5. The van der Waals surface area contributed by atoms with E-state index in [0.29, 0.717) is 28.2 Å². The standard InChI is InChI=1S/C26H23ClN4O2S/c1-2-15-33-22-10-6-4-8-20(22)24-28-21-9-5-3-7-19(21)23-25(32)29-26(30-31(23)24)34-16-17-11-13-18(27)14-12-17/h3-14,24H,2,15-16H2,1H3,(H,29,30,32)/t24-/m1/s1. The SMILES string of the molecule is CCCOc1ccccc1[C@@H]1N=c2ccccc2=C2C(=O)NC(SCc3ccc(Cl)cc3)=NN21. The van der Waals surface area contributed by atoms with Gasteiger partial charge < -0.3 is 4.74 Å². The van der Waals surface area contributed by atoms with Crippen LogP contribution in [0.3, 0.4) is 0 Å². The summed E-state index contributed by atoms with van der Waals surface area (Å²) in [6.07, 6.45) is 0.377. The molecular weight excluding hydrogens is 468 g/mol. The summed E-state index contributed by atoms with van der Waals surface area (Å²) in [4.78, 5) is 18.3. The van der Waals surface area contributed by atoms with Crippen LogP contribution in [0, 0.1) is 0 Å². The summed E-state index contributed by atoms with van der Waals surface area (Å²) in [5, 5.41) is 12.2. The molecule has 0 aromatic heterocycles. The van der Waals surface area contributed by atoms with E-state index in [1.807, 2.05) is 72.8 Å². The van der Waals surface area contributed by atoms with Gasteiger partial charge in [0.15, 0.2) is 11.3 Å². The van der Waals surface area contributed by atoms with Gasteiger partial charge in [-0.3, -0.25) is 15.1 Å². The van der Waals surface area contributed by atoms with Gasteiger partial charge in [-0.15, -0.1) is 5.10 Å². The van der Waals surface area contributed by atoms with Crippen molar-refractivity contribution in [3.63, 3.8) is 0 Å². The monoisotopic (exact) mass is 490 g/mol. The van der Waals surface area contributed by atoms with E-state index < -0.39 is 6.17 Å². The van der Waals surface area contributed by atoms with E-state index in [0.717, 1.165) is 33.9 Å². The van der Waals surface area contributed by atoms with Crippen molar-refractivity contribution in [2.75, 3.05) is 6.61 Å². The molecule has 0 fully saturated rings. The number of rotatable bonds is 6. The minimum Gasteiger partial charge on any atom is -0.493 e. The van der Waals surface area contributed by atoms with Gasteiger partial charge in [0.25, 0.3) is 5.91 Å². The van der Waals surface area contributed by atoms with Crippen LogP contribution in [0.2, 0.25) is 5.02 Å². The molecule has 2 aliphatic rings. The summed E-state index contributed by atoms with van der Waals surface area (Å²) >= 11 is 7.46. The van der Waals surface area contributed by atoms with E-state index in [-0.39, 0.29) is 5.91 Å². The second-order valence-corrected chi connectivity index (χ2v) is 9.27. The van der Waals surface area contributed by atoms with Gasteiger partial charge in [0.1, 0.15) is 11.4 Å². The highest BCUT2D eigenvalue weighted by molar-refractivity contribution is 8.13. The number of carbonyl (C=O) groups excluding carboxylic acids is 1.